The molecule has 2 rings (SSSR count). The van der Waals surface area contributed by atoms with Crippen molar-refractivity contribution in [1.29, 1.82) is 0 Å². The predicted molar refractivity (Wildman–Crippen MR) is 68.2 cm³/mol. The molecule has 1 fully saturated rings. The van der Waals surface area contributed by atoms with Crippen LogP contribution in [0.4, 0.5) is 5.13 Å². The van der Waals surface area contributed by atoms with E-state index in [1.165, 1.54) is 17.6 Å². The SMILES string of the molecule is CS(=O)(=O)NC1CCN(Cc2cnc(N)s2)C1. The highest BCUT2D eigenvalue weighted by Gasteiger charge is 2.24. The Labute approximate surface area is 105 Å². The molecule has 0 aromatic carbocycles. The molecule has 96 valence electrons. The number of likely N-dealkylation sites (tertiary alicyclic amines) is 1. The standard InChI is InChI=1S/C9H16N4O2S2/c1-17(14,15)12-7-2-3-13(5-7)6-8-4-11-9(10)16-8/h4,7,12H,2-3,5-6H2,1H3,(H2,10,11). The van der Waals surface area contributed by atoms with Gasteiger partial charge in [-0.1, -0.05) is 0 Å². The molecule has 0 bridgehead atoms. The van der Waals surface area contributed by atoms with Crippen LogP contribution in [0.5, 0.6) is 0 Å². The Morgan fingerprint density at radius 3 is 3.06 bits per heavy atom. The Balaban J connectivity index is 1.86. The summed E-state index contributed by atoms with van der Waals surface area (Å²) in [5.74, 6) is 0. The molecule has 0 radical (unpaired) electrons. The summed E-state index contributed by atoms with van der Waals surface area (Å²) in [5.41, 5.74) is 5.56. The van der Waals surface area contributed by atoms with Crippen molar-refractivity contribution in [2.75, 3.05) is 25.1 Å². The van der Waals surface area contributed by atoms with E-state index in [9.17, 15) is 8.42 Å². The second-order valence-corrected chi connectivity index (χ2v) is 7.20. The second-order valence-electron chi connectivity index (χ2n) is 4.28. The molecule has 1 aromatic rings. The minimum Gasteiger partial charge on any atom is -0.375 e. The zero-order valence-corrected chi connectivity index (χ0v) is 11.2. The molecule has 1 aliphatic rings. The third-order valence-corrected chi connectivity index (χ3v) is 4.18. The van der Waals surface area contributed by atoms with Crippen molar-refractivity contribution in [3.8, 4) is 0 Å². The van der Waals surface area contributed by atoms with Crippen molar-refractivity contribution >= 4 is 26.5 Å². The number of anilines is 1. The lowest BCUT2D eigenvalue weighted by Crippen LogP contribution is -2.36. The minimum atomic E-state index is -3.11. The van der Waals surface area contributed by atoms with Crippen molar-refractivity contribution in [3.63, 3.8) is 0 Å². The number of sulfonamides is 1. The fraction of sp³-hybridized carbons (Fsp3) is 0.667. The molecule has 3 N–H and O–H groups in total. The average molecular weight is 276 g/mol. The zero-order valence-electron chi connectivity index (χ0n) is 9.59. The lowest BCUT2D eigenvalue weighted by molar-refractivity contribution is 0.327. The molecule has 8 heteroatoms. The van der Waals surface area contributed by atoms with E-state index in [0.717, 1.165) is 30.9 Å². The normalized spacial score (nSPS) is 22.1. The summed E-state index contributed by atoms with van der Waals surface area (Å²) < 4.78 is 24.8. The Kier molecular flexibility index (Phi) is 3.67. The Hall–Kier alpha value is -0.700. The number of hydrogen-bond donors (Lipinski definition) is 2. The predicted octanol–water partition coefficient (Wildman–Crippen LogP) is -0.151. The molecule has 0 aliphatic carbocycles. The van der Waals surface area contributed by atoms with Gasteiger partial charge in [0, 0.05) is 36.8 Å². The first-order valence-corrected chi connectivity index (χ1v) is 8.03. The van der Waals surface area contributed by atoms with E-state index >= 15 is 0 Å². The Morgan fingerprint density at radius 2 is 2.47 bits per heavy atom. The third-order valence-electron chi connectivity index (χ3n) is 2.60. The summed E-state index contributed by atoms with van der Waals surface area (Å²) >= 11 is 1.48. The number of nitrogens with zero attached hydrogens (tertiary/aromatic N) is 2. The molecule has 0 saturated carbocycles. The molecular weight excluding hydrogens is 260 g/mol. The highest BCUT2D eigenvalue weighted by Crippen LogP contribution is 2.19. The van der Waals surface area contributed by atoms with Crippen molar-refractivity contribution in [1.82, 2.24) is 14.6 Å². The van der Waals surface area contributed by atoms with Gasteiger partial charge in [0.05, 0.1) is 6.26 Å². The number of nitrogen functional groups attached to an aromatic ring is 1. The van der Waals surface area contributed by atoms with E-state index in [4.69, 9.17) is 5.73 Å². The van der Waals surface area contributed by atoms with E-state index in [0.29, 0.717) is 5.13 Å². The summed E-state index contributed by atoms with van der Waals surface area (Å²) in [6.07, 6.45) is 3.82. The van der Waals surface area contributed by atoms with Crippen LogP contribution in [0.15, 0.2) is 6.20 Å². The summed E-state index contributed by atoms with van der Waals surface area (Å²) in [6.45, 7) is 2.42. The fourth-order valence-electron chi connectivity index (χ4n) is 1.99. The summed E-state index contributed by atoms with van der Waals surface area (Å²) in [7, 11) is -3.11. The monoisotopic (exact) mass is 276 g/mol. The maximum absolute atomic E-state index is 11.1. The van der Waals surface area contributed by atoms with Gasteiger partial charge in [-0.3, -0.25) is 4.90 Å². The van der Waals surface area contributed by atoms with Crippen LogP contribution in [0.1, 0.15) is 11.3 Å². The van der Waals surface area contributed by atoms with E-state index in [2.05, 4.69) is 14.6 Å². The molecule has 1 aliphatic heterocycles. The number of rotatable bonds is 4. The van der Waals surface area contributed by atoms with E-state index in [1.807, 2.05) is 0 Å². The highest BCUT2D eigenvalue weighted by molar-refractivity contribution is 7.88. The highest BCUT2D eigenvalue weighted by atomic mass is 32.2. The summed E-state index contributed by atoms with van der Waals surface area (Å²) in [5, 5.41) is 0.574. The molecule has 0 spiro atoms. The van der Waals surface area contributed by atoms with Crippen LogP contribution in [0.25, 0.3) is 0 Å². The Morgan fingerprint density at radius 1 is 1.71 bits per heavy atom. The maximum Gasteiger partial charge on any atom is 0.208 e. The van der Waals surface area contributed by atoms with Gasteiger partial charge in [0.15, 0.2) is 5.13 Å². The van der Waals surface area contributed by atoms with Crippen molar-refractivity contribution < 1.29 is 8.42 Å². The molecule has 0 amide bonds. The van der Waals surface area contributed by atoms with Gasteiger partial charge in [0.25, 0.3) is 0 Å². The number of nitrogens with two attached hydrogens (primary N) is 1. The number of thiazole rings is 1. The van der Waals surface area contributed by atoms with Crippen LogP contribution in [-0.2, 0) is 16.6 Å². The second kappa shape index (κ2) is 4.89. The Bertz CT molecular complexity index is 485. The van der Waals surface area contributed by atoms with Gasteiger partial charge in [0.2, 0.25) is 10.0 Å². The van der Waals surface area contributed by atoms with Gasteiger partial charge >= 0.3 is 0 Å². The molecule has 1 atom stereocenters. The lowest BCUT2D eigenvalue weighted by atomic mass is 10.3. The largest absolute Gasteiger partial charge is 0.375 e. The maximum atomic E-state index is 11.1. The molecule has 1 unspecified atom stereocenters. The molecule has 1 aromatic heterocycles. The van der Waals surface area contributed by atoms with E-state index in [-0.39, 0.29) is 6.04 Å². The van der Waals surface area contributed by atoms with Crippen molar-refractivity contribution in [2.45, 2.75) is 19.0 Å². The number of hydrogen-bond acceptors (Lipinski definition) is 6. The average Bonchev–Trinajstić information content (AvgIpc) is 2.74. The topological polar surface area (TPSA) is 88.3 Å². The fourth-order valence-corrected chi connectivity index (χ4v) is 3.52. The van der Waals surface area contributed by atoms with Crippen LogP contribution in [-0.4, -0.2) is 43.7 Å². The van der Waals surface area contributed by atoms with Gasteiger partial charge in [0.1, 0.15) is 0 Å². The molecular formula is C9H16N4O2S2. The smallest absolute Gasteiger partial charge is 0.208 e. The van der Waals surface area contributed by atoms with Gasteiger partial charge in [-0.25, -0.2) is 18.1 Å². The van der Waals surface area contributed by atoms with Crippen LogP contribution in [0.2, 0.25) is 0 Å². The number of nitrogens with one attached hydrogen (secondary N) is 1. The van der Waals surface area contributed by atoms with Gasteiger partial charge in [-0.2, -0.15) is 0 Å². The third kappa shape index (κ3) is 3.91. The first kappa shape index (κ1) is 12.7. The first-order chi connectivity index (χ1) is 7.92. The summed E-state index contributed by atoms with van der Waals surface area (Å²) in [4.78, 5) is 7.31. The van der Waals surface area contributed by atoms with Gasteiger partial charge in [-0.15, -0.1) is 11.3 Å². The van der Waals surface area contributed by atoms with Crippen molar-refractivity contribution in [3.05, 3.63) is 11.1 Å². The molecule has 17 heavy (non-hydrogen) atoms. The molecule has 2 heterocycles. The summed E-state index contributed by atoms with van der Waals surface area (Å²) in [6, 6.07) is 0.0234. The van der Waals surface area contributed by atoms with Gasteiger partial charge < -0.3 is 5.73 Å². The van der Waals surface area contributed by atoms with E-state index < -0.39 is 10.0 Å². The molecule has 6 nitrogen and oxygen atoms in total. The van der Waals surface area contributed by atoms with Crippen LogP contribution in [0, 0.1) is 0 Å². The lowest BCUT2D eigenvalue weighted by Gasteiger charge is -2.14. The number of aromatic nitrogens is 1. The first-order valence-electron chi connectivity index (χ1n) is 5.32. The van der Waals surface area contributed by atoms with Gasteiger partial charge in [-0.05, 0) is 6.42 Å². The van der Waals surface area contributed by atoms with E-state index in [1.54, 1.807) is 6.20 Å². The van der Waals surface area contributed by atoms with Crippen molar-refractivity contribution in [2.24, 2.45) is 0 Å². The molecule has 1 saturated heterocycles. The minimum absolute atomic E-state index is 0.0234. The van der Waals surface area contributed by atoms with Crippen LogP contribution >= 0.6 is 11.3 Å². The zero-order chi connectivity index (χ0) is 12.5. The quantitative estimate of drug-likeness (QED) is 0.798. The van der Waals surface area contributed by atoms with Crippen LogP contribution in [0.3, 0.4) is 0 Å². The van der Waals surface area contributed by atoms with Crippen LogP contribution < -0.4 is 10.5 Å².